The van der Waals surface area contributed by atoms with E-state index >= 15 is 0 Å². The maximum absolute atomic E-state index is 9.34. The molecular formula is C18H30N2O. The Morgan fingerprint density at radius 2 is 1.76 bits per heavy atom. The van der Waals surface area contributed by atoms with E-state index in [-0.39, 0.29) is 12.1 Å². The minimum absolute atomic E-state index is 0.144. The van der Waals surface area contributed by atoms with Gasteiger partial charge in [0.25, 0.3) is 0 Å². The van der Waals surface area contributed by atoms with E-state index in [0.29, 0.717) is 6.04 Å². The average molecular weight is 290 g/mol. The number of benzene rings is 1. The maximum Gasteiger partial charge on any atom is 0.0606 e. The lowest BCUT2D eigenvalue weighted by molar-refractivity contribution is 0.297. The van der Waals surface area contributed by atoms with Crippen LogP contribution in [0.25, 0.3) is 0 Å². The topological polar surface area (TPSA) is 35.5 Å². The highest BCUT2D eigenvalue weighted by atomic mass is 16.3. The van der Waals surface area contributed by atoms with Crippen LogP contribution in [0.15, 0.2) is 24.3 Å². The SMILES string of the molecule is CC(C)(C)NCc1ccc(N(CCO)C2CCCC2)cc1. The van der Waals surface area contributed by atoms with Crippen molar-refractivity contribution in [2.24, 2.45) is 0 Å². The van der Waals surface area contributed by atoms with Crippen molar-refractivity contribution in [1.29, 1.82) is 0 Å². The molecule has 0 bridgehead atoms. The van der Waals surface area contributed by atoms with Crippen molar-refractivity contribution in [3.05, 3.63) is 29.8 Å². The Bertz CT molecular complexity index is 416. The van der Waals surface area contributed by atoms with Gasteiger partial charge in [-0.1, -0.05) is 25.0 Å². The van der Waals surface area contributed by atoms with Crippen LogP contribution in [0.5, 0.6) is 0 Å². The molecule has 0 atom stereocenters. The highest BCUT2D eigenvalue weighted by Crippen LogP contribution is 2.28. The predicted molar refractivity (Wildman–Crippen MR) is 89.7 cm³/mol. The normalized spacial score (nSPS) is 16.4. The van der Waals surface area contributed by atoms with E-state index in [0.717, 1.165) is 13.1 Å². The molecule has 0 radical (unpaired) electrons. The molecule has 21 heavy (non-hydrogen) atoms. The highest BCUT2D eigenvalue weighted by Gasteiger charge is 2.22. The Morgan fingerprint density at radius 1 is 1.14 bits per heavy atom. The molecule has 0 unspecified atom stereocenters. The summed E-state index contributed by atoms with van der Waals surface area (Å²) in [6.07, 6.45) is 5.15. The molecule has 3 nitrogen and oxygen atoms in total. The van der Waals surface area contributed by atoms with E-state index in [1.165, 1.54) is 36.9 Å². The summed E-state index contributed by atoms with van der Waals surface area (Å²) < 4.78 is 0. The second-order valence-electron chi connectivity index (χ2n) is 7.13. The molecule has 0 saturated heterocycles. The van der Waals surface area contributed by atoms with Crippen molar-refractivity contribution < 1.29 is 5.11 Å². The van der Waals surface area contributed by atoms with E-state index < -0.39 is 0 Å². The smallest absolute Gasteiger partial charge is 0.0606 e. The number of rotatable bonds is 6. The highest BCUT2D eigenvalue weighted by molar-refractivity contribution is 5.48. The maximum atomic E-state index is 9.34. The molecule has 0 aromatic heterocycles. The second kappa shape index (κ2) is 7.28. The van der Waals surface area contributed by atoms with Crippen LogP contribution < -0.4 is 10.2 Å². The molecule has 0 amide bonds. The van der Waals surface area contributed by atoms with Gasteiger partial charge in [0, 0.05) is 30.4 Å². The van der Waals surface area contributed by atoms with Crippen LogP contribution in [0.3, 0.4) is 0 Å². The number of nitrogens with one attached hydrogen (secondary N) is 1. The van der Waals surface area contributed by atoms with Crippen molar-refractivity contribution in [2.45, 2.75) is 64.6 Å². The van der Waals surface area contributed by atoms with E-state index in [9.17, 15) is 5.11 Å². The van der Waals surface area contributed by atoms with Crippen molar-refractivity contribution in [1.82, 2.24) is 5.32 Å². The molecule has 1 aromatic rings. The molecule has 0 spiro atoms. The van der Waals surface area contributed by atoms with Gasteiger partial charge in [-0.3, -0.25) is 0 Å². The minimum atomic E-state index is 0.144. The minimum Gasteiger partial charge on any atom is -0.395 e. The summed E-state index contributed by atoms with van der Waals surface area (Å²) in [5, 5.41) is 12.8. The molecule has 2 rings (SSSR count). The second-order valence-corrected chi connectivity index (χ2v) is 7.13. The van der Waals surface area contributed by atoms with E-state index in [1.54, 1.807) is 0 Å². The standard InChI is InChI=1S/C18H30N2O/c1-18(2,3)19-14-15-8-10-17(11-9-15)20(12-13-21)16-6-4-5-7-16/h8-11,16,19,21H,4-7,12-14H2,1-3H3. The zero-order valence-electron chi connectivity index (χ0n) is 13.7. The number of nitrogens with zero attached hydrogens (tertiary/aromatic N) is 1. The fourth-order valence-corrected chi connectivity index (χ4v) is 3.02. The van der Waals surface area contributed by atoms with Crippen LogP contribution in [0.4, 0.5) is 5.69 Å². The van der Waals surface area contributed by atoms with Gasteiger partial charge in [0.2, 0.25) is 0 Å². The fourth-order valence-electron chi connectivity index (χ4n) is 3.02. The third kappa shape index (κ3) is 5.01. The molecule has 1 saturated carbocycles. The van der Waals surface area contributed by atoms with Crippen molar-refractivity contribution in [2.75, 3.05) is 18.1 Å². The van der Waals surface area contributed by atoms with Gasteiger partial charge in [-0.15, -0.1) is 0 Å². The van der Waals surface area contributed by atoms with Crippen molar-refractivity contribution in [3.63, 3.8) is 0 Å². The van der Waals surface area contributed by atoms with E-state index in [4.69, 9.17) is 0 Å². The first-order valence-electron chi connectivity index (χ1n) is 8.21. The lowest BCUT2D eigenvalue weighted by atomic mass is 10.1. The molecule has 118 valence electrons. The Kier molecular flexibility index (Phi) is 5.65. The van der Waals surface area contributed by atoms with Crippen molar-refractivity contribution in [3.8, 4) is 0 Å². The summed E-state index contributed by atoms with van der Waals surface area (Å²) in [5.74, 6) is 0. The first kappa shape index (κ1) is 16.3. The summed E-state index contributed by atoms with van der Waals surface area (Å²) in [7, 11) is 0. The quantitative estimate of drug-likeness (QED) is 0.843. The van der Waals surface area contributed by atoms with Gasteiger partial charge in [0.1, 0.15) is 0 Å². The van der Waals surface area contributed by atoms with Gasteiger partial charge < -0.3 is 15.3 Å². The van der Waals surface area contributed by atoms with Gasteiger partial charge in [-0.2, -0.15) is 0 Å². The first-order valence-corrected chi connectivity index (χ1v) is 8.21. The van der Waals surface area contributed by atoms with E-state index in [1.807, 2.05) is 0 Å². The van der Waals surface area contributed by atoms with Crippen LogP contribution in [-0.4, -0.2) is 29.8 Å². The summed E-state index contributed by atoms with van der Waals surface area (Å²) in [4.78, 5) is 2.38. The molecule has 1 aromatic carbocycles. The van der Waals surface area contributed by atoms with E-state index in [2.05, 4.69) is 55.3 Å². The molecule has 1 fully saturated rings. The average Bonchev–Trinajstić information content (AvgIpc) is 2.96. The van der Waals surface area contributed by atoms with Crippen molar-refractivity contribution >= 4 is 5.69 Å². The van der Waals surface area contributed by atoms with Crippen LogP contribution in [0.2, 0.25) is 0 Å². The van der Waals surface area contributed by atoms with Gasteiger partial charge in [-0.25, -0.2) is 0 Å². The molecular weight excluding hydrogens is 260 g/mol. The molecule has 0 aliphatic heterocycles. The predicted octanol–water partition coefficient (Wildman–Crippen LogP) is 3.32. The Labute approximate surface area is 129 Å². The fraction of sp³-hybridized carbons (Fsp3) is 0.667. The number of anilines is 1. The zero-order valence-corrected chi connectivity index (χ0v) is 13.7. The monoisotopic (exact) mass is 290 g/mol. The third-order valence-corrected chi connectivity index (χ3v) is 4.20. The van der Waals surface area contributed by atoms with Gasteiger partial charge in [0.15, 0.2) is 0 Å². The van der Waals surface area contributed by atoms with Crippen LogP contribution in [0.1, 0.15) is 52.0 Å². The van der Waals surface area contributed by atoms with Gasteiger partial charge >= 0.3 is 0 Å². The van der Waals surface area contributed by atoms with Crippen LogP contribution in [0, 0.1) is 0 Å². The van der Waals surface area contributed by atoms with Gasteiger partial charge in [-0.05, 0) is 51.3 Å². The number of hydrogen-bond acceptors (Lipinski definition) is 3. The summed E-state index contributed by atoms with van der Waals surface area (Å²) in [6, 6.07) is 9.41. The largest absolute Gasteiger partial charge is 0.395 e. The Morgan fingerprint density at radius 3 is 2.29 bits per heavy atom. The summed E-state index contributed by atoms with van der Waals surface area (Å²) >= 11 is 0. The Balaban J connectivity index is 2.01. The number of aliphatic hydroxyl groups excluding tert-OH is 1. The Hall–Kier alpha value is -1.06. The number of aliphatic hydroxyl groups is 1. The summed E-state index contributed by atoms with van der Waals surface area (Å²) in [5.41, 5.74) is 2.70. The zero-order chi connectivity index (χ0) is 15.3. The molecule has 1 aliphatic rings. The third-order valence-electron chi connectivity index (χ3n) is 4.20. The summed E-state index contributed by atoms with van der Waals surface area (Å²) in [6.45, 7) is 8.42. The lowest BCUT2D eigenvalue weighted by Crippen LogP contribution is -2.36. The van der Waals surface area contributed by atoms with Crippen LogP contribution >= 0.6 is 0 Å². The number of hydrogen-bond donors (Lipinski definition) is 2. The molecule has 0 heterocycles. The molecule has 2 N–H and O–H groups in total. The molecule has 1 aliphatic carbocycles. The van der Waals surface area contributed by atoms with Gasteiger partial charge in [0.05, 0.1) is 6.61 Å². The first-order chi connectivity index (χ1) is 9.99. The molecule has 3 heteroatoms. The van der Waals surface area contributed by atoms with Crippen LogP contribution in [-0.2, 0) is 6.54 Å². The lowest BCUT2D eigenvalue weighted by Gasteiger charge is -2.30.